The Morgan fingerprint density at radius 1 is 1.40 bits per heavy atom. The topological polar surface area (TPSA) is 41.6 Å². The third-order valence-corrected chi connectivity index (χ3v) is 3.48. The first-order valence-electron chi connectivity index (χ1n) is 5.88. The maximum Gasteiger partial charge on any atom is 0.250 e. The van der Waals surface area contributed by atoms with E-state index in [1.807, 2.05) is 0 Å². The van der Waals surface area contributed by atoms with Gasteiger partial charge in [-0.2, -0.15) is 0 Å². The van der Waals surface area contributed by atoms with E-state index in [0.29, 0.717) is 12.6 Å². The number of nitrogens with zero attached hydrogens (tertiary/aromatic N) is 1. The van der Waals surface area contributed by atoms with Crippen molar-refractivity contribution in [2.75, 3.05) is 26.7 Å². The molecule has 4 heteroatoms. The molecule has 1 atom stereocenters. The number of nitrogens with one attached hydrogen (secondary N) is 1. The van der Waals surface area contributed by atoms with Crippen LogP contribution in [0.3, 0.4) is 0 Å². The van der Waals surface area contributed by atoms with Gasteiger partial charge >= 0.3 is 0 Å². The summed E-state index contributed by atoms with van der Waals surface area (Å²) in [7, 11) is 1.67. The summed E-state index contributed by atoms with van der Waals surface area (Å²) in [6, 6.07) is 0.695. The van der Waals surface area contributed by atoms with Crippen molar-refractivity contribution in [1.82, 2.24) is 10.2 Å². The van der Waals surface area contributed by atoms with Gasteiger partial charge in [-0.3, -0.25) is 9.69 Å². The van der Waals surface area contributed by atoms with Gasteiger partial charge in [0.05, 0.1) is 6.61 Å². The lowest BCUT2D eigenvalue weighted by atomic mass is 10.1. The van der Waals surface area contributed by atoms with E-state index in [1.165, 1.54) is 25.7 Å². The summed E-state index contributed by atoms with van der Waals surface area (Å²) in [5.74, 6) is 0.0118. The Hall–Kier alpha value is -0.610. The van der Waals surface area contributed by atoms with Gasteiger partial charge in [0.1, 0.15) is 6.10 Å². The molecule has 0 aromatic heterocycles. The zero-order valence-corrected chi connectivity index (χ0v) is 9.37. The van der Waals surface area contributed by atoms with Gasteiger partial charge in [0.25, 0.3) is 0 Å². The van der Waals surface area contributed by atoms with Crippen LogP contribution in [0.25, 0.3) is 0 Å². The Morgan fingerprint density at radius 3 is 2.80 bits per heavy atom. The molecule has 0 bridgehead atoms. The highest BCUT2D eigenvalue weighted by Crippen LogP contribution is 2.24. The number of hydrogen-bond acceptors (Lipinski definition) is 3. The predicted molar refractivity (Wildman–Crippen MR) is 57.6 cm³/mol. The number of carbonyl (C=O) groups excluding carboxylic acids is 1. The van der Waals surface area contributed by atoms with Gasteiger partial charge in [0.2, 0.25) is 5.91 Å². The minimum absolute atomic E-state index is 0.0118. The molecule has 2 aliphatic rings. The number of hydrogen-bond donors (Lipinski definition) is 1. The Balaban J connectivity index is 1.88. The third-order valence-electron chi connectivity index (χ3n) is 3.48. The van der Waals surface area contributed by atoms with Crippen molar-refractivity contribution in [2.45, 2.75) is 37.8 Å². The standard InChI is InChI=1S/C11H20N2O2/c1-12-11(14)10-8-13(6-7-15-10)9-4-2-3-5-9/h9-10H,2-8H2,1H3,(H,12,14). The quantitative estimate of drug-likeness (QED) is 0.719. The van der Waals surface area contributed by atoms with E-state index in [4.69, 9.17) is 4.74 Å². The Morgan fingerprint density at radius 2 is 2.13 bits per heavy atom. The molecule has 0 radical (unpaired) electrons. The van der Waals surface area contributed by atoms with Crippen molar-refractivity contribution >= 4 is 5.91 Å². The molecule has 1 N–H and O–H groups in total. The van der Waals surface area contributed by atoms with Gasteiger partial charge in [-0.1, -0.05) is 12.8 Å². The maximum atomic E-state index is 11.5. The summed E-state index contributed by atoms with van der Waals surface area (Å²) >= 11 is 0. The van der Waals surface area contributed by atoms with Crippen LogP contribution in [0.1, 0.15) is 25.7 Å². The summed E-state index contributed by atoms with van der Waals surface area (Å²) in [5, 5.41) is 2.66. The van der Waals surface area contributed by atoms with Crippen LogP contribution in [0.5, 0.6) is 0 Å². The second kappa shape index (κ2) is 4.94. The van der Waals surface area contributed by atoms with Gasteiger partial charge in [-0.05, 0) is 12.8 Å². The molecule has 1 heterocycles. The van der Waals surface area contributed by atoms with E-state index >= 15 is 0 Å². The third kappa shape index (κ3) is 2.49. The first-order chi connectivity index (χ1) is 7.31. The van der Waals surface area contributed by atoms with Crippen molar-refractivity contribution in [1.29, 1.82) is 0 Å². The molecule has 4 nitrogen and oxygen atoms in total. The molecule has 0 spiro atoms. The monoisotopic (exact) mass is 212 g/mol. The van der Waals surface area contributed by atoms with E-state index in [9.17, 15) is 4.79 Å². The molecule has 1 aliphatic carbocycles. The van der Waals surface area contributed by atoms with Crippen LogP contribution in [-0.4, -0.2) is 49.7 Å². The van der Waals surface area contributed by atoms with Gasteiger partial charge < -0.3 is 10.1 Å². The number of amides is 1. The molecule has 86 valence electrons. The van der Waals surface area contributed by atoms with Crippen molar-refractivity contribution in [3.8, 4) is 0 Å². The van der Waals surface area contributed by atoms with E-state index < -0.39 is 0 Å². The molecular formula is C11H20N2O2. The zero-order chi connectivity index (χ0) is 10.7. The minimum Gasteiger partial charge on any atom is -0.366 e. The van der Waals surface area contributed by atoms with Gasteiger partial charge in [0, 0.05) is 26.2 Å². The lowest BCUT2D eigenvalue weighted by Gasteiger charge is -2.35. The zero-order valence-electron chi connectivity index (χ0n) is 9.37. The predicted octanol–water partition coefficient (Wildman–Crippen LogP) is 0.376. The fourth-order valence-corrected chi connectivity index (χ4v) is 2.59. The fourth-order valence-electron chi connectivity index (χ4n) is 2.59. The van der Waals surface area contributed by atoms with Crippen LogP contribution in [0, 0.1) is 0 Å². The van der Waals surface area contributed by atoms with Crippen molar-refractivity contribution in [2.24, 2.45) is 0 Å². The highest BCUT2D eigenvalue weighted by Gasteiger charge is 2.31. The molecule has 15 heavy (non-hydrogen) atoms. The van der Waals surface area contributed by atoms with Crippen LogP contribution in [0.4, 0.5) is 0 Å². The SMILES string of the molecule is CNC(=O)C1CN(C2CCCC2)CCO1. The number of carbonyl (C=O) groups is 1. The molecular weight excluding hydrogens is 192 g/mol. The number of rotatable bonds is 2. The van der Waals surface area contributed by atoms with Gasteiger partial charge in [0.15, 0.2) is 0 Å². The van der Waals surface area contributed by atoms with Crippen LogP contribution >= 0.6 is 0 Å². The van der Waals surface area contributed by atoms with Crippen molar-refractivity contribution in [3.05, 3.63) is 0 Å². The number of likely N-dealkylation sites (N-methyl/N-ethyl adjacent to an activating group) is 1. The minimum atomic E-state index is -0.260. The summed E-state index contributed by atoms with van der Waals surface area (Å²) in [5.41, 5.74) is 0. The lowest BCUT2D eigenvalue weighted by molar-refractivity contribution is -0.139. The van der Waals surface area contributed by atoms with Crippen LogP contribution in [0.15, 0.2) is 0 Å². The molecule has 1 amide bonds. The molecule has 0 aromatic rings. The maximum absolute atomic E-state index is 11.5. The molecule has 1 saturated heterocycles. The van der Waals surface area contributed by atoms with Crippen LogP contribution in [-0.2, 0) is 9.53 Å². The molecule has 1 aliphatic heterocycles. The van der Waals surface area contributed by atoms with E-state index in [1.54, 1.807) is 7.05 Å². The second-order valence-corrected chi connectivity index (χ2v) is 4.41. The highest BCUT2D eigenvalue weighted by molar-refractivity contribution is 5.80. The van der Waals surface area contributed by atoms with Crippen LogP contribution < -0.4 is 5.32 Å². The second-order valence-electron chi connectivity index (χ2n) is 4.41. The largest absolute Gasteiger partial charge is 0.366 e. The molecule has 1 saturated carbocycles. The van der Waals surface area contributed by atoms with Gasteiger partial charge in [-0.15, -0.1) is 0 Å². The fraction of sp³-hybridized carbons (Fsp3) is 0.909. The van der Waals surface area contributed by atoms with Crippen molar-refractivity contribution < 1.29 is 9.53 Å². The Labute approximate surface area is 91.0 Å². The first kappa shape index (κ1) is 10.9. The lowest BCUT2D eigenvalue weighted by Crippen LogP contribution is -2.51. The summed E-state index contributed by atoms with van der Waals surface area (Å²) in [6.07, 6.45) is 5.00. The van der Waals surface area contributed by atoms with E-state index in [2.05, 4.69) is 10.2 Å². The summed E-state index contributed by atoms with van der Waals surface area (Å²) < 4.78 is 5.47. The summed E-state index contributed by atoms with van der Waals surface area (Å²) in [6.45, 7) is 2.44. The Bertz CT molecular complexity index is 227. The molecule has 0 aromatic carbocycles. The first-order valence-corrected chi connectivity index (χ1v) is 5.88. The number of ether oxygens (including phenoxy) is 1. The summed E-state index contributed by atoms with van der Waals surface area (Å²) in [4.78, 5) is 13.9. The molecule has 1 unspecified atom stereocenters. The smallest absolute Gasteiger partial charge is 0.250 e. The van der Waals surface area contributed by atoms with E-state index in [0.717, 1.165) is 13.1 Å². The Kier molecular flexibility index (Phi) is 3.59. The van der Waals surface area contributed by atoms with Crippen LogP contribution in [0.2, 0.25) is 0 Å². The average Bonchev–Trinajstić information content (AvgIpc) is 2.82. The van der Waals surface area contributed by atoms with Crippen molar-refractivity contribution in [3.63, 3.8) is 0 Å². The average molecular weight is 212 g/mol. The number of morpholine rings is 1. The normalized spacial score (nSPS) is 29.3. The highest BCUT2D eigenvalue weighted by atomic mass is 16.5. The van der Waals surface area contributed by atoms with Gasteiger partial charge in [-0.25, -0.2) is 0 Å². The molecule has 2 rings (SSSR count). The molecule has 2 fully saturated rings. The van der Waals surface area contributed by atoms with E-state index in [-0.39, 0.29) is 12.0 Å².